The lowest BCUT2D eigenvalue weighted by atomic mass is 10.1. The van der Waals surface area contributed by atoms with Crippen molar-refractivity contribution in [3.05, 3.63) is 6.20 Å². The van der Waals surface area contributed by atoms with Gasteiger partial charge >= 0.3 is 0 Å². The van der Waals surface area contributed by atoms with Crippen molar-refractivity contribution in [2.24, 2.45) is 0 Å². The van der Waals surface area contributed by atoms with E-state index in [1.807, 2.05) is 5.48 Å². The molecule has 1 aliphatic heterocycles. The Bertz CT molecular complexity index is 663. The molecule has 0 saturated carbocycles. The van der Waals surface area contributed by atoms with Gasteiger partial charge in [-0.15, -0.1) is 5.10 Å². The van der Waals surface area contributed by atoms with Crippen LogP contribution in [0.2, 0.25) is 0 Å². The van der Waals surface area contributed by atoms with E-state index in [9.17, 15) is 10.2 Å². The molecule has 11 heteroatoms. The molecule has 1 aliphatic rings. The molecule has 4 atom stereocenters. The maximum atomic E-state index is 9.95. The predicted octanol–water partition coefficient (Wildman–Crippen LogP) is -2.18. The number of nitrogens with zero attached hydrogens (tertiary/aromatic N) is 4. The minimum absolute atomic E-state index is 0.0514. The van der Waals surface area contributed by atoms with E-state index in [1.165, 1.54) is 10.9 Å². The van der Waals surface area contributed by atoms with Crippen LogP contribution in [0.15, 0.2) is 6.20 Å². The van der Waals surface area contributed by atoms with Gasteiger partial charge in [0.05, 0.1) is 12.0 Å². The highest BCUT2D eigenvalue weighted by atomic mass is 16.6. The normalized spacial score (nSPS) is 29.1. The van der Waals surface area contributed by atoms with Gasteiger partial charge in [-0.1, -0.05) is 0 Å². The van der Waals surface area contributed by atoms with E-state index in [0.29, 0.717) is 5.39 Å². The lowest BCUT2D eigenvalue weighted by molar-refractivity contribution is -0.0583. The van der Waals surface area contributed by atoms with Crippen molar-refractivity contribution >= 4 is 22.8 Å². The average Bonchev–Trinajstić information content (AvgIpc) is 3.00. The Morgan fingerprint density at radius 3 is 2.71 bits per heavy atom. The van der Waals surface area contributed by atoms with Gasteiger partial charge < -0.3 is 25.8 Å². The number of nitrogens with two attached hydrogens (primary N) is 1. The van der Waals surface area contributed by atoms with Gasteiger partial charge in [-0.3, -0.25) is 10.7 Å². The molecule has 1 fully saturated rings. The first-order valence-electron chi connectivity index (χ1n) is 6.10. The predicted molar refractivity (Wildman–Crippen MR) is 68.2 cm³/mol. The zero-order chi connectivity index (χ0) is 15.1. The number of aliphatic hydroxyl groups excluding tert-OH is 3. The molecule has 114 valence electrons. The summed E-state index contributed by atoms with van der Waals surface area (Å²) in [6.45, 7) is -0.439. The molecule has 2 aromatic heterocycles. The lowest BCUT2D eigenvalue weighted by Crippen LogP contribution is -2.33. The second-order valence-electron chi connectivity index (χ2n) is 4.62. The number of nitrogen functional groups attached to an aromatic ring is 1. The largest absolute Gasteiger partial charge is 0.394 e. The van der Waals surface area contributed by atoms with E-state index in [-0.39, 0.29) is 17.4 Å². The SMILES string of the molecule is Nc1nc(NO)c2cn([C@@H]3O[C@H](CO)[C@@H](O)[C@H]3O)nc2n1. The number of aliphatic hydroxyl groups is 3. The van der Waals surface area contributed by atoms with E-state index in [2.05, 4.69) is 15.1 Å². The van der Waals surface area contributed by atoms with Crippen LogP contribution in [-0.2, 0) is 4.74 Å². The summed E-state index contributed by atoms with van der Waals surface area (Å²) in [4.78, 5) is 7.68. The summed E-state index contributed by atoms with van der Waals surface area (Å²) in [6, 6.07) is 0. The first kappa shape index (κ1) is 13.9. The topological polar surface area (TPSA) is 172 Å². The first-order chi connectivity index (χ1) is 10.0. The van der Waals surface area contributed by atoms with E-state index in [0.717, 1.165) is 0 Å². The second kappa shape index (κ2) is 5.05. The van der Waals surface area contributed by atoms with Crippen LogP contribution < -0.4 is 11.2 Å². The van der Waals surface area contributed by atoms with E-state index < -0.39 is 31.1 Å². The van der Waals surface area contributed by atoms with Crippen molar-refractivity contribution in [2.75, 3.05) is 17.8 Å². The van der Waals surface area contributed by atoms with Crippen LogP contribution in [0.25, 0.3) is 11.0 Å². The number of rotatable bonds is 3. The monoisotopic (exact) mass is 298 g/mol. The minimum Gasteiger partial charge on any atom is -0.394 e. The molecule has 0 spiro atoms. The summed E-state index contributed by atoms with van der Waals surface area (Å²) in [6.07, 6.45) is -3.00. The van der Waals surface area contributed by atoms with Gasteiger partial charge in [0.1, 0.15) is 18.3 Å². The highest BCUT2D eigenvalue weighted by molar-refractivity contribution is 5.86. The molecule has 0 bridgehead atoms. The molecule has 0 aliphatic carbocycles. The maximum absolute atomic E-state index is 9.95. The standard InChI is InChI=1S/C10H14N6O5/c11-10-12-7-3(8(13-10)15-20)1-16(14-7)9-6(19)5(18)4(2-17)21-9/h1,4-6,9,17-20H,2H2,(H3,11,12,13,14,15)/t4-,5-,6-,9-/m1/s1. The number of hydrogen-bond donors (Lipinski definition) is 6. The molecule has 0 aromatic carbocycles. The van der Waals surface area contributed by atoms with Gasteiger partial charge in [0, 0.05) is 6.20 Å². The van der Waals surface area contributed by atoms with Crippen LogP contribution in [0, 0.1) is 0 Å². The third kappa shape index (κ3) is 2.16. The van der Waals surface area contributed by atoms with Gasteiger partial charge in [-0.05, 0) is 0 Å². The van der Waals surface area contributed by atoms with Crippen LogP contribution in [0.4, 0.5) is 11.8 Å². The number of anilines is 2. The van der Waals surface area contributed by atoms with Crippen molar-refractivity contribution in [2.45, 2.75) is 24.5 Å². The van der Waals surface area contributed by atoms with Crippen molar-refractivity contribution in [1.29, 1.82) is 0 Å². The van der Waals surface area contributed by atoms with Gasteiger partial charge in [0.2, 0.25) is 5.95 Å². The molecule has 0 unspecified atom stereocenters. The number of hydrogen-bond acceptors (Lipinski definition) is 10. The van der Waals surface area contributed by atoms with Crippen LogP contribution in [-0.4, -0.2) is 65.2 Å². The van der Waals surface area contributed by atoms with Crippen molar-refractivity contribution in [3.8, 4) is 0 Å². The fourth-order valence-electron chi connectivity index (χ4n) is 2.25. The van der Waals surface area contributed by atoms with Crippen LogP contribution >= 0.6 is 0 Å². The zero-order valence-electron chi connectivity index (χ0n) is 10.7. The summed E-state index contributed by atoms with van der Waals surface area (Å²) in [5.74, 6) is -0.0408. The average molecular weight is 298 g/mol. The molecule has 1 saturated heterocycles. The Balaban J connectivity index is 2.02. The molecule has 3 heterocycles. The highest BCUT2D eigenvalue weighted by Gasteiger charge is 2.43. The number of ether oxygens (including phenoxy) is 1. The quantitative estimate of drug-likeness (QED) is 0.342. The maximum Gasteiger partial charge on any atom is 0.224 e. The third-order valence-corrected chi connectivity index (χ3v) is 3.30. The number of aromatic nitrogens is 4. The van der Waals surface area contributed by atoms with Crippen molar-refractivity contribution in [1.82, 2.24) is 19.7 Å². The summed E-state index contributed by atoms with van der Waals surface area (Å²) in [7, 11) is 0. The fraction of sp³-hybridized carbons (Fsp3) is 0.500. The van der Waals surface area contributed by atoms with Gasteiger partial charge in [0.15, 0.2) is 17.7 Å². The minimum atomic E-state index is -1.27. The highest BCUT2D eigenvalue weighted by Crippen LogP contribution is 2.30. The molecule has 21 heavy (non-hydrogen) atoms. The van der Waals surface area contributed by atoms with Crippen molar-refractivity contribution in [3.63, 3.8) is 0 Å². The molecule has 0 radical (unpaired) electrons. The van der Waals surface area contributed by atoms with E-state index in [1.54, 1.807) is 0 Å². The number of nitrogens with one attached hydrogen (secondary N) is 1. The van der Waals surface area contributed by atoms with Crippen molar-refractivity contribution < 1.29 is 25.3 Å². The van der Waals surface area contributed by atoms with Gasteiger partial charge in [0.25, 0.3) is 0 Å². The van der Waals surface area contributed by atoms with E-state index in [4.69, 9.17) is 20.8 Å². The van der Waals surface area contributed by atoms with Crippen LogP contribution in [0.5, 0.6) is 0 Å². The number of fused-ring (bicyclic) bond motifs is 1. The summed E-state index contributed by atoms with van der Waals surface area (Å²) in [5, 5.41) is 42.2. The summed E-state index contributed by atoms with van der Waals surface area (Å²) < 4.78 is 6.57. The molecular formula is C10H14N6O5. The lowest BCUT2D eigenvalue weighted by Gasteiger charge is -2.14. The van der Waals surface area contributed by atoms with Gasteiger partial charge in [-0.2, -0.15) is 9.97 Å². The fourth-order valence-corrected chi connectivity index (χ4v) is 2.25. The molecule has 11 nitrogen and oxygen atoms in total. The molecular weight excluding hydrogens is 284 g/mol. The Morgan fingerprint density at radius 2 is 2.10 bits per heavy atom. The Morgan fingerprint density at radius 1 is 1.33 bits per heavy atom. The Hall–Kier alpha value is -2.05. The first-order valence-corrected chi connectivity index (χ1v) is 6.10. The molecule has 7 N–H and O–H groups in total. The van der Waals surface area contributed by atoms with Crippen LogP contribution in [0.1, 0.15) is 6.23 Å². The van der Waals surface area contributed by atoms with E-state index >= 15 is 0 Å². The molecule has 2 aromatic rings. The zero-order valence-corrected chi connectivity index (χ0v) is 10.7. The summed E-state index contributed by atoms with van der Waals surface area (Å²) in [5.41, 5.74) is 7.53. The smallest absolute Gasteiger partial charge is 0.224 e. The molecule has 0 amide bonds. The second-order valence-corrected chi connectivity index (χ2v) is 4.62. The van der Waals surface area contributed by atoms with Crippen LogP contribution in [0.3, 0.4) is 0 Å². The Labute approximate surface area is 117 Å². The summed E-state index contributed by atoms with van der Waals surface area (Å²) >= 11 is 0. The Kier molecular flexibility index (Phi) is 3.35. The van der Waals surface area contributed by atoms with Gasteiger partial charge in [-0.25, -0.2) is 4.68 Å². The third-order valence-electron chi connectivity index (χ3n) is 3.30. The molecule has 3 rings (SSSR count).